The Morgan fingerprint density at radius 3 is 2.79 bits per heavy atom. The molecule has 5 nitrogen and oxygen atoms in total. The molecule has 0 radical (unpaired) electrons. The zero-order valence-corrected chi connectivity index (χ0v) is 10.4. The molecular weight excluding hydrogens is 253 g/mol. The molecule has 0 aliphatic carbocycles. The van der Waals surface area contributed by atoms with Gasteiger partial charge in [-0.25, -0.2) is 9.18 Å². The van der Waals surface area contributed by atoms with E-state index in [9.17, 15) is 14.0 Å². The third kappa shape index (κ3) is 3.08. The molecule has 0 saturated carbocycles. The van der Waals surface area contributed by atoms with Crippen molar-refractivity contribution in [2.45, 2.75) is 19.4 Å². The molecule has 0 bridgehead atoms. The fraction of sp³-hybridized carbons (Fsp3) is 0.385. The first-order chi connectivity index (χ1) is 8.97. The Kier molecular flexibility index (Phi) is 3.80. The maximum absolute atomic E-state index is 13.2. The van der Waals surface area contributed by atoms with Gasteiger partial charge in [0.1, 0.15) is 5.82 Å². The van der Waals surface area contributed by atoms with Gasteiger partial charge in [0.15, 0.2) is 0 Å². The lowest BCUT2D eigenvalue weighted by Crippen LogP contribution is -2.23. The summed E-state index contributed by atoms with van der Waals surface area (Å²) in [6.07, 6.45) is 0.664. The number of aromatic carboxylic acids is 1. The van der Waals surface area contributed by atoms with E-state index in [0.29, 0.717) is 13.0 Å². The topological polar surface area (TPSA) is 75.6 Å². The first-order valence-corrected chi connectivity index (χ1v) is 5.92. The standard InChI is InChI=1S/C13H14FNO4/c1-7-4-8(6-19-7)12(16)15-9-2-3-11(14)10(5-9)13(17)18/h2-3,5,7-8H,4,6H2,1H3,(H,15,16)(H,17,18). The fourth-order valence-electron chi connectivity index (χ4n) is 2.01. The van der Waals surface area contributed by atoms with E-state index in [1.165, 1.54) is 6.07 Å². The van der Waals surface area contributed by atoms with Crippen LogP contribution in [0.1, 0.15) is 23.7 Å². The number of halogens is 1. The highest BCUT2D eigenvalue weighted by molar-refractivity contribution is 5.95. The van der Waals surface area contributed by atoms with Crippen LogP contribution in [-0.4, -0.2) is 29.7 Å². The van der Waals surface area contributed by atoms with Crippen molar-refractivity contribution < 1.29 is 23.8 Å². The summed E-state index contributed by atoms with van der Waals surface area (Å²) >= 11 is 0. The van der Waals surface area contributed by atoms with Gasteiger partial charge in [-0.15, -0.1) is 0 Å². The van der Waals surface area contributed by atoms with E-state index in [1.807, 2.05) is 6.92 Å². The third-order valence-corrected chi connectivity index (χ3v) is 3.03. The average Bonchev–Trinajstić information content (AvgIpc) is 2.78. The number of carboxylic acid groups (broad SMARTS) is 1. The van der Waals surface area contributed by atoms with Crippen molar-refractivity contribution in [3.05, 3.63) is 29.6 Å². The number of ether oxygens (including phenoxy) is 1. The van der Waals surface area contributed by atoms with E-state index in [2.05, 4.69) is 5.32 Å². The number of carbonyl (C=O) groups excluding carboxylic acids is 1. The van der Waals surface area contributed by atoms with Crippen molar-refractivity contribution >= 4 is 17.6 Å². The first kappa shape index (κ1) is 13.5. The Labute approximate surface area is 109 Å². The van der Waals surface area contributed by atoms with Crippen LogP contribution in [0, 0.1) is 11.7 Å². The van der Waals surface area contributed by atoms with E-state index >= 15 is 0 Å². The van der Waals surface area contributed by atoms with E-state index < -0.39 is 17.3 Å². The molecule has 1 saturated heterocycles. The molecule has 6 heteroatoms. The normalized spacial score (nSPS) is 22.2. The number of carbonyl (C=O) groups is 2. The molecule has 19 heavy (non-hydrogen) atoms. The Morgan fingerprint density at radius 2 is 2.21 bits per heavy atom. The maximum atomic E-state index is 13.2. The summed E-state index contributed by atoms with van der Waals surface area (Å²) in [5.41, 5.74) is -0.197. The van der Waals surface area contributed by atoms with E-state index in [0.717, 1.165) is 12.1 Å². The molecule has 1 aromatic rings. The lowest BCUT2D eigenvalue weighted by molar-refractivity contribution is -0.119. The highest BCUT2D eigenvalue weighted by Crippen LogP contribution is 2.22. The van der Waals surface area contributed by atoms with Crippen LogP contribution in [0.2, 0.25) is 0 Å². The minimum atomic E-state index is -1.37. The summed E-state index contributed by atoms with van der Waals surface area (Å²) in [6.45, 7) is 2.23. The summed E-state index contributed by atoms with van der Waals surface area (Å²) in [6, 6.07) is 3.46. The molecule has 102 valence electrons. The minimum absolute atomic E-state index is 0.0403. The van der Waals surface area contributed by atoms with Crippen LogP contribution in [-0.2, 0) is 9.53 Å². The fourth-order valence-corrected chi connectivity index (χ4v) is 2.01. The molecule has 2 N–H and O–H groups in total. The summed E-state index contributed by atoms with van der Waals surface area (Å²) in [7, 11) is 0. The SMILES string of the molecule is CC1CC(C(=O)Nc2ccc(F)c(C(=O)O)c2)CO1. The monoisotopic (exact) mass is 267 g/mol. The molecule has 1 aromatic carbocycles. The van der Waals surface area contributed by atoms with Crippen LogP contribution >= 0.6 is 0 Å². The van der Waals surface area contributed by atoms with E-state index in [4.69, 9.17) is 9.84 Å². The van der Waals surface area contributed by atoms with Crippen molar-refractivity contribution in [3.8, 4) is 0 Å². The molecule has 0 spiro atoms. The largest absolute Gasteiger partial charge is 0.478 e. The molecule has 1 fully saturated rings. The van der Waals surface area contributed by atoms with Gasteiger partial charge < -0.3 is 15.2 Å². The average molecular weight is 267 g/mol. The van der Waals surface area contributed by atoms with Gasteiger partial charge in [0.05, 0.1) is 24.2 Å². The summed E-state index contributed by atoms with van der Waals surface area (Å²) in [4.78, 5) is 22.7. The maximum Gasteiger partial charge on any atom is 0.338 e. The molecule has 1 heterocycles. The number of anilines is 1. The predicted octanol–water partition coefficient (Wildman–Crippen LogP) is 1.89. The molecule has 1 aliphatic heterocycles. The van der Waals surface area contributed by atoms with Gasteiger partial charge in [0, 0.05) is 5.69 Å². The highest BCUT2D eigenvalue weighted by atomic mass is 19.1. The van der Waals surface area contributed by atoms with E-state index in [-0.39, 0.29) is 23.6 Å². The molecular formula is C13H14FNO4. The minimum Gasteiger partial charge on any atom is -0.478 e. The Balaban J connectivity index is 2.09. The number of rotatable bonds is 3. The van der Waals surface area contributed by atoms with Gasteiger partial charge in [-0.2, -0.15) is 0 Å². The van der Waals surface area contributed by atoms with Crippen molar-refractivity contribution in [2.75, 3.05) is 11.9 Å². The van der Waals surface area contributed by atoms with Crippen molar-refractivity contribution in [1.82, 2.24) is 0 Å². The molecule has 1 amide bonds. The van der Waals surface area contributed by atoms with E-state index in [1.54, 1.807) is 0 Å². The summed E-state index contributed by atoms with van der Waals surface area (Å²) < 4.78 is 18.5. The highest BCUT2D eigenvalue weighted by Gasteiger charge is 2.28. The van der Waals surface area contributed by atoms with Crippen molar-refractivity contribution in [2.24, 2.45) is 5.92 Å². The van der Waals surface area contributed by atoms with Crippen LogP contribution in [0.3, 0.4) is 0 Å². The van der Waals surface area contributed by atoms with Crippen LogP contribution in [0.15, 0.2) is 18.2 Å². The van der Waals surface area contributed by atoms with Gasteiger partial charge in [-0.05, 0) is 31.5 Å². The zero-order valence-electron chi connectivity index (χ0n) is 10.4. The molecule has 2 unspecified atom stereocenters. The summed E-state index contributed by atoms with van der Waals surface area (Å²) in [5, 5.41) is 11.4. The second kappa shape index (κ2) is 5.36. The number of carboxylic acids is 1. The number of nitrogens with one attached hydrogen (secondary N) is 1. The number of benzene rings is 1. The second-order valence-electron chi connectivity index (χ2n) is 4.57. The van der Waals surface area contributed by atoms with Gasteiger partial charge in [-0.1, -0.05) is 0 Å². The number of hydrogen-bond acceptors (Lipinski definition) is 3. The van der Waals surface area contributed by atoms with Crippen LogP contribution in [0.4, 0.5) is 10.1 Å². The lowest BCUT2D eigenvalue weighted by atomic mass is 10.1. The lowest BCUT2D eigenvalue weighted by Gasteiger charge is -2.10. The van der Waals surface area contributed by atoms with Crippen LogP contribution in [0.25, 0.3) is 0 Å². The Bertz CT molecular complexity index is 517. The predicted molar refractivity (Wildman–Crippen MR) is 65.5 cm³/mol. The quantitative estimate of drug-likeness (QED) is 0.876. The van der Waals surface area contributed by atoms with Crippen LogP contribution in [0.5, 0.6) is 0 Å². The van der Waals surface area contributed by atoms with Crippen molar-refractivity contribution in [3.63, 3.8) is 0 Å². The zero-order chi connectivity index (χ0) is 14.0. The van der Waals surface area contributed by atoms with Gasteiger partial charge in [-0.3, -0.25) is 4.79 Å². The summed E-state index contributed by atoms with van der Waals surface area (Å²) in [5.74, 6) is -2.70. The molecule has 0 aromatic heterocycles. The van der Waals surface area contributed by atoms with Gasteiger partial charge in [0.2, 0.25) is 5.91 Å². The first-order valence-electron chi connectivity index (χ1n) is 5.92. The second-order valence-corrected chi connectivity index (χ2v) is 4.57. The molecule has 2 atom stereocenters. The third-order valence-electron chi connectivity index (χ3n) is 3.03. The molecule has 1 aliphatic rings. The van der Waals surface area contributed by atoms with Crippen molar-refractivity contribution in [1.29, 1.82) is 0 Å². The van der Waals surface area contributed by atoms with Gasteiger partial charge in [0.25, 0.3) is 0 Å². The Morgan fingerprint density at radius 1 is 1.47 bits per heavy atom. The Hall–Kier alpha value is -1.95. The smallest absolute Gasteiger partial charge is 0.338 e. The number of hydrogen-bond donors (Lipinski definition) is 2. The number of amides is 1. The molecule has 2 rings (SSSR count). The van der Waals surface area contributed by atoms with Gasteiger partial charge >= 0.3 is 5.97 Å². The van der Waals surface area contributed by atoms with Crippen LogP contribution < -0.4 is 5.32 Å².